The first kappa shape index (κ1) is 32.9. The normalized spacial score (nSPS) is 17.4. The molecule has 17 heteroatoms. The van der Waals surface area contributed by atoms with Crippen LogP contribution in [-0.4, -0.2) is 45.5 Å². The van der Waals surface area contributed by atoms with Crippen LogP contribution in [0.2, 0.25) is 0 Å². The van der Waals surface area contributed by atoms with Crippen molar-refractivity contribution in [2.24, 2.45) is 0 Å². The van der Waals surface area contributed by atoms with Gasteiger partial charge in [0.25, 0.3) is 0 Å². The van der Waals surface area contributed by atoms with E-state index < -0.39 is 65.6 Å². The average Bonchev–Trinajstić information content (AvgIpc) is 2.86. The summed E-state index contributed by atoms with van der Waals surface area (Å²) in [7, 11) is 0. The second-order valence-corrected chi connectivity index (χ2v) is 32.1. The summed E-state index contributed by atoms with van der Waals surface area (Å²) >= 11 is 9.57. The molecule has 0 aromatic heterocycles. The molecule has 0 aliphatic carbocycles. The zero-order valence-electron chi connectivity index (χ0n) is 23.1. The van der Waals surface area contributed by atoms with Crippen LogP contribution in [0, 0.1) is 41.5 Å². The summed E-state index contributed by atoms with van der Waals surface area (Å²) in [6.07, 6.45) is 0. The fourth-order valence-corrected chi connectivity index (χ4v) is 37.0. The molecule has 2 saturated heterocycles. The van der Waals surface area contributed by atoms with Gasteiger partial charge in [-0.15, -0.1) is 0 Å². The summed E-state index contributed by atoms with van der Waals surface area (Å²) in [4.78, 5) is 0. The minimum absolute atomic E-state index is 0.529. The number of aryl methyl sites for hydroxylation is 3. The summed E-state index contributed by atoms with van der Waals surface area (Å²) in [6, 6.07) is 17.1. The van der Waals surface area contributed by atoms with Crippen LogP contribution in [-0.2, 0) is 51.3 Å². The Bertz CT molecular complexity index is 1530. The van der Waals surface area contributed by atoms with Crippen LogP contribution >= 0.6 is 20.2 Å². The second kappa shape index (κ2) is 13.1. The van der Waals surface area contributed by atoms with Gasteiger partial charge in [0.1, 0.15) is 0 Å². The molecule has 2 aliphatic heterocycles. The van der Waals surface area contributed by atoms with Crippen molar-refractivity contribution in [3.8, 4) is 17.2 Å². The van der Waals surface area contributed by atoms with Gasteiger partial charge in [0, 0.05) is 0 Å². The summed E-state index contributed by atoms with van der Waals surface area (Å²) in [5.41, 5.74) is 5.99. The van der Waals surface area contributed by atoms with Crippen molar-refractivity contribution in [1.82, 2.24) is 0 Å². The Balaban J connectivity index is 1.27. The number of hydrogen-bond donors (Lipinski definition) is 0. The van der Waals surface area contributed by atoms with Crippen LogP contribution in [0.4, 0.5) is 0 Å². The van der Waals surface area contributed by atoms with E-state index in [4.69, 9.17) is 64.8 Å². The second-order valence-electron chi connectivity index (χ2n) is 9.42. The van der Waals surface area contributed by atoms with Gasteiger partial charge in [-0.1, -0.05) is 0 Å². The molecule has 2 heterocycles. The summed E-state index contributed by atoms with van der Waals surface area (Å²) in [5.74, 6) is 1.76. The van der Waals surface area contributed by atoms with E-state index in [9.17, 15) is 0 Å². The molecular formula is C24H27In2O9P3S3. The van der Waals surface area contributed by atoms with Crippen molar-refractivity contribution in [2.45, 2.75) is 41.5 Å². The van der Waals surface area contributed by atoms with Gasteiger partial charge in [-0.25, -0.2) is 0 Å². The van der Waals surface area contributed by atoms with E-state index in [-0.39, 0.29) is 0 Å². The third-order valence-electron chi connectivity index (χ3n) is 6.59. The van der Waals surface area contributed by atoms with Gasteiger partial charge in [0.05, 0.1) is 0 Å². The standard InChI is InChI=1S/3C8H11O3PS.2In/c3*1-6-4-3-5-8(7(6)2)11-12(9,10)13;;/h3*3-5H,1-2H3,(H2,9,10,13);;/q;;;2*+3/p-6. The molecule has 0 bridgehead atoms. The molecule has 3 aromatic rings. The van der Waals surface area contributed by atoms with Gasteiger partial charge in [-0.2, -0.15) is 0 Å². The predicted octanol–water partition coefficient (Wildman–Crippen LogP) is 7.84. The Morgan fingerprint density at radius 3 is 1.32 bits per heavy atom. The average molecular weight is 878 g/mol. The van der Waals surface area contributed by atoms with Gasteiger partial charge in [0.2, 0.25) is 0 Å². The fourth-order valence-electron chi connectivity index (χ4n) is 3.71. The van der Waals surface area contributed by atoms with Gasteiger partial charge >= 0.3 is 277 Å². The first-order chi connectivity index (χ1) is 19.3. The number of rotatable bonds is 10. The summed E-state index contributed by atoms with van der Waals surface area (Å²) < 4.78 is 54.3. The van der Waals surface area contributed by atoms with Crippen LogP contribution in [0.25, 0.3) is 0 Å². The molecule has 216 valence electrons. The quantitative estimate of drug-likeness (QED) is 0.186. The molecule has 2 fully saturated rings. The van der Waals surface area contributed by atoms with Crippen LogP contribution < -0.4 is 13.6 Å². The molecule has 0 N–H and O–H groups in total. The molecule has 0 atom stereocenters. The zero-order valence-corrected chi connectivity index (χ0v) is 34.8. The van der Waals surface area contributed by atoms with Crippen molar-refractivity contribution in [2.75, 3.05) is 0 Å². The molecule has 0 amide bonds. The maximum atomic E-state index is 6.21. The van der Waals surface area contributed by atoms with E-state index in [2.05, 4.69) is 0 Å². The SMILES string of the molecule is Cc1cccc(OP2(=S)[O][In]([O]P(=S)(Oc3cccc(C)c3C)[O][In]3[O]P(=S)(Oc4cccc(C)c4C)[O]3)[O]2)c1C. The van der Waals surface area contributed by atoms with E-state index in [1.165, 1.54) is 0 Å². The Kier molecular flexibility index (Phi) is 10.5. The molecular weight excluding hydrogens is 851 g/mol. The Morgan fingerprint density at radius 1 is 0.585 bits per heavy atom. The van der Waals surface area contributed by atoms with E-state index in [0.717, 1.165) is 33.4 Å². The van der Waals surface area contributed by atoms with Crippen molar-refractivity contribution >= 4 is 101 Å². The Hall–Kier alpha value is 0.510. The molecule has 5 rings (SSSR count). The molecule has 0 saturated carbocycles. The third kappa shape index (κ3) is 7.85. The fraction of sp³-hybridized carbons (Fsp3) is 0.250. The molecule has 2 aliphatic rings. The first-order valence-corrected chi connectivity index (χ1v) is 28.2. The minimum atomic E-state index is -3.67. The number of benzene rings is 3. The van der Waals surface area contributed by atoms with Gasteiger partial charge < -0.3 is 0 Å². The Morgan fingerprint density at radius 2 is 0.927 bits per heavy atom. The summed E-state index contributed by atoms with van der Waals surface area (Å²) in [6.45, 7) is 2.27. The maximum absolute atomic E-state index is 6.21. The van der Waals surface area contributed by atoms with E-state index in [1.54, 1.807) is 6.07 Å². The van der Waals surface area contributed by atoms with Gasteiger partial charge in [-0.05, 0) is 0 Å². The van der Waals surface area contributed by atoms with Gasteiger partial charge in [-0.3, -0.25) is 0 Å². The summed E-state index contributed by atoms with van der Waals surface area (Å²) in [5, 5.41) is 0. The van der Waals surface area contributed by atoms with Crippen molar-refractivity contribution in [1.29, 1.82) is 0 Å². The third-order valence-corrected chi connectivity index (χ3v) is 43.6. The molecule has 0 unspecified atom stereocenters. The van der Waals surface area contributed by atoms with Gasteiger partial charge in [0.15, 0.2) is 0 Å². The van der Waals surface area contributed by atoms with Crippen LogP contribution in [0.1, 0.15) is 33.4 Å². The van der Waals surface area contributed by atoms with Crippen LogP contribution in [0.15, 0.2) is 54.6 Å². The molecule has 41 heavy (non-hydrogen) atoms. The molecule has 0 spiro atoms. The van der Waals surface area contributed by atoms with E-state index in [1.807, 2.05) is 90.1 Å². The Labute approximate surface area is 274 Å². The van der Waals surface area contributed by atoms with Crippen molar-refractivity contribution in [3.63, 3.8) is 0 Å². The monoisotopic (exact) mass is 878 g/mol. The zero-order chi connectivity index (χ0) is 29.6. The topological polar surface area (TPSA) is 83.1 Å². The van der Waals surface area contributed by atoms with Crippen LogP contribution in [0.3, 0.4) is 0 Å². The van der Waals surface area contributed by atoms with Crippen LogP contribution in [0.5, 0.6) is 17.2 Å². The van der Waals surface area contributed by atoms with E-state index in [0.29, 0.717) is 17.2 Å². The van der Waals surface area contributed by atoms with Crippen molar-refractivity contribution < 1.29 is 29.4 Å². The number of hydrogen-bond acceptors (Lipinski definition) is 12. The predicted molar refractivity (Wildman–Crippen MR) is 171 cm³/mol. The van der Waals surface area contributed by atoms with E-state index >= 15 is 0 Å². The molecule has 9 nitrogen and oxygen atoms in total. The molecule has 0 radical (unpaired) electrons. The van der Waals surface area contributed by atoms with Crippen molar-refractivity contribution in [3.05, 3.63) is 88.0 Å². The first-order valence-electron chi connectivity index (χ1n) is 12.4. The molecule has 3 aromatic carbocycles.